The van der Waals surface area contributed by atoms with E-state index in [2.05, 4.69) is 20.9 Å². The number of imidazole rings is 1. The van der Waals surface area contributed by atoms with Gasteiger partial charge in [0.15, 0.2) is 5.65 Å². The molecule has 0 spiro atoms. The van der Waals surface area contributed by atoms with Gasteiger partial charge in [-0.15, -0.1) is 0 Å². The monoisotopic (exact) mass is 701 g/mol. The Morgan fingerprint density at radius 1 is 1.06 bits per heavy atom. The van der Waals surface area contributed by atoms with Crippen molar-refractivity contribution < 1.29 is 31.9 Å². The number of alkyl carbamates (subject to hydrolysis) is 1. The lowest BCUT2D eigenvalue weighted by Gasteiger charge is -2.30. The van der Waals surface area contributed by atoms with Gasteiger partial charge in [0.2, 0.25) is 5.95 Å². The van der Waals surface area contributed by atoms with Crippen LogP contribution < -0.4 is 20.9 Å². The summed E-state index contributed by atoms with van der Waals surface area (Å²) in [4.78, 5) is 36.8. The zero-order valence-electron chi connectivity index (χ0n) is 26.4. The highest BCUT2D eigenvalue weighted by Gasteiger charge is 2.41. The summed E-state index contributed by atoms with van der Waals surface area (Å²) in [7, 11) is 1.70. The zero-order valence-corrected chi connectivity index (χ0v) is 27.9. The van der Waals surface area contributed by atoms with Gasteiger partial charge in [-0.25, -0.2) is 19.2 Å². The van der Waals surface area contributed by atoms with Crippen LogP contribution in [0.25, 0.3) is 11.2 Å². The molecule has 1 saturated heterocycles. The van der Waals surface area contributed by atoms with E-state index in [1.54, 1.807) is 55.5 Å². The lowest BCUT2D eigenvalue weighted by Crippen LogP contribution is -2.40. The molecule has 16 heteroatoms. The van der Waals surface area contributed by atoms with Crippen LogP contribution in [0.3, 0.4) is 0 Å². The van der Waals surface area contributed by atoms with Crippen LogP contribution in [-0.4, -0.2) is 63.6 Å². The third kappa shape index (κ3) is 8.14. The topological polar surface area (TPSA) is 113 Å². The third-order valence-electron chi connectivity index (χ3n) is 8.25. The minimum atomic E-state index is -4.26. The number of carbonyl (C=O) groups is 2. The molecule has 3 heterocycles. The second kappa shape index (κ2) is 13.5. The van der Waals surface area contributed by atoms with E-state index in [-0.39, 0.29) is 72.6 Å². The van der Waals surface area contributed by atoms with E-state index in [0.29, 0.717) is 29.0 Å². The van der Waals surface area contributed by atoms with Crippen LogP contribution >= 0.6 is 23.2 Å². The molecule has 256 valence electrons. The van der Waals surface area contributed by atoms with Crippen LogP contribution in [0, 0.1) is 5.92 Å². The second-order valence-corrected chi connectivity index (χ2v) is 13.8. The Bertz CT molecular complexity index is 1650. The maximum Gasteiger partial charge on any atom is 0.407 e. The molecule has 1 saturated carbocycles. The fourth-order valence-corrected chi connectivity index (χ4v) is 6.33. The van der Waals surface area contributed by atoms with Crippen LogP contribution in [-0.2, 0) is 18.3 Å². The third-order valence-corrected chi connectivity index (χ3v) is 9.00. The smallest absolute Gasteiger partial charge is 0.407 e. The first-order valence-corrected chi connectivity index (χ1v) is 16.1. The quantitative estimate of drug-likeness (QED) is 0.220. The molecule has 0 bridgehead atoms. The molecule has 1 aliphatic heterocycles. The predicted molar refractivity (Wildman–Crippen MR) is 172 cm³/mol. The van der Waals surface area contributed by atoms with Crippen molar-refractivity contribution in [2.24, 2.45) is 13.0 Å². The SMILES string of the molecule is Cn1c(Nc2c(Cl)ccc(CNC(=O)OC(C)(C)C)c2Cl)nc2cc(C(=O)NC3CCC(C(F)(F)F)CC3)c(N3CCC(F)C3)nc21. The largest absolute Gasteiger partial charge is 0.444 e. The van der Waals surface area contributed by atoms with Gasteiger partial charge in [-0.05, 0) is 70.6 Å². The van der Waals surface area contributed by atoms with Gasteiger partial charge >= 0.3 is 12.3 Å². The van der Waals surface area contributed by atoms with Gasteiger partial charge in [0.1, 0.15) is 23.1 Å². The van der Waals surface area contributed by atoms with E-state index >= 15 is 0 Å². The second-order valence-electron chi connectivity index (χ2n) is 13.0. The summed E-state index contributed by atoms with van der Waals surface area (Å²) in [5, 5.41) is 9.18. The highest BCUT2D eigenvalue weighted by molar-refractivity contribution is 6.39. The molecule has 5 rings (SSSR count). The normalized spacial score (nSPS) is 20.4. The molecular formula is C31H37Cl2F4N7O3. The summed E-state index contributed by atoms with van der Waals surface area (Å²) in [5.41, 5.74) is 1.09. The summed E-state index contributed by atoms with van der Waals surface area (Å²) in [5.74, 6) is -1.34. The van der Waals surface area contributed by atoms with E-state index in [9.17, 15) is 27.2 Å². The van der Waals surface area contributed by atoms with Crippen molar-refractivity contribution in [1.82, 2.24) is 25.2 Å². The number of hydrogen-bond donors (Lipinski definition) is 3. The van der Waals surface area contributed by atoms with Crippen molar-refractivity contribution in [3.8, 4) is 0 Å². The Morgan fingerprint density at radius 2 is 1.77 bits per heavy atom. The lowest BCUT2D eigenvalue weighted by molar-refractivity contribution is -0.182. The summed E-state index contributed by atoms with van der Waals surface area (Å²) >= 11 is 13.2. The number of anilines is 3. The van der Waals surface area contributed by atoms with Gasteiger partial charge in [0.05, 0.1) is 33.8 Å². The van der Waals surface area contributed by atoms with Crippen LogP contribution in [0.2, 0.25) is 10.0 Å². The van der Waals surface area contributed by atoms with E-state index in [4.69, 9.17) is 32.9 Å². The molecule has 2 amide bonds. The number of pyridine rings is 1. The number of rotatable bonds is 7. The maximum absolute atomic E-state index is 14.3. The minimum absolute atomic E-state index is 0.0494. The average molecular weight is 703 g/mol. The Morgan fingerprint density at radius 3 is 2.38 bits per heavy atom. The number of fused-ring (bicyclic) bond motifs is 1. The molecule has 1 unspecified atom stereocenters. The van der Waals surface area contributed by atoms with Gasteiger partial charge < -0.3 is 25.6 Å². The standard InChI is InChI=1S/C31H37Cl2F4N7O3/c1-30(2,3)47-29(46)38-14-16-5-10-21(32)24(23(16)33)41-28-40-22-13-20(25(42-26(22)43(28)4)44-12-11-18(34)15-44)27(45)39-19-8-6-17(7-9-19)31(35,36)37/h5,10,13,17-19H,6-9,11-12,14-15H2,1-4H3,(H,38,46)(H,39,45)(H,40,41). The highest BCUT2D eigenvalue weighted by atomic mass is 35.5. The highest BCUT2D eigenvalue weighted by Crippen LogP contribution is 2.39. The number of halogens is 6. The average Bonchev–Trinajstić information content (AvgIpc) is 3.55. The number of hydrogen-bond acceptors (Lipinski definition) is 7. The number of benzene rings is 1. The molecule has 47 heavy (non-hydrogen) atoms. The minimum Gasteiger partial charge on any atom is -0.444 e. The van der Waals surface area contributed by atoms with Crippen LogP contribution in [0.5, 0.6) is 0 Å². The van der Waals surface area contributed by atoms with Crippen LogP contribution in [0.1, 0.15) is 68.8 Å². The Hall–Kier alpha value is -3.52. The number of alkyl halides is 4. The number of carbonyl (C=O) groups excluding carboxylic acids is 2. The molecule has 3 N–H and O–H groups in total. The molecule has 2 fully saturated rings. The first-order chi connectivity index (χ1) is 22.0. The number of nitrogens with zero attached hydrogens (tertiary/aromatic N) is 4. The van der Waals surface area contributed by atoms with Gasteiger partial charge in [-0.1, -0.05) is 29.3 Å². The summed E-state index contributed by atoms with van der Waals surface area (Å²) in [6, 6.07) is 4.41. The van der Waals surface area contributed by atoms with Crippen LogP contribution in [0.15, 0.2) is 18.2 Å². The van der Waals surface area contributed by atoms with Crippen LogP contribution in [0.4, 0.5) is 39.8 Å². The van der Waals surface area contributed by atoms with Crippen molar-refractivity contribution >= 4 is 63.8 Å². The molecule has 1 aliphatic carbocycles. The Balaban J connectivity index is 1.41. The molecule has 10 nitrogen and oxygen atoms in total. The van der Waals surface area contributed by atoms with E-state index in [1.165, 1.54) is 0 Å². The number of ether oxygens (including phenoxy) is 1. The lowest BCUT2D eigenvalue weighted by atomic mass is 9.85. The number of nitrogens with one attached hydrogen (secondary N) is 3. The fraction of sp³-hybridized carbons (Fsp3) is 0.548. The van der Waals surface area contributed by atoms with Gasteiger partial charge in [-0.2, -0.15) is 13.2 Å². The van der Waals surface area contributed by atoms with Gasteiger partial charge in [0, 0.05) is 26.2 Å². The Labute approximate surface area is 279 Å². The van der Waals surface area contributed by atoms with E-state index < -0.39 is 41.9 Å². The van der Waals surface area contributed by atoms with E-state index in [1.807, 2.05) is 0 Å². The molecule has 1 aromatic carbocycles. The summed E-state index contributed by atoms with van der Waals surface area (Å²) in [6.07, 6.45) is -5.41. The zero-order chi connectivity index (χ0) is 34.3. The number of amides is 2. The molecule has 2 aromatic heterocycles. The fourth-order valence-electron chi connectivity index (χ4n) is 5.80. The Kier molecular flexibility index (Phi) is 10.0. The molecule has 2 aliphatic rings. The number of aromatic nitrogens is 3. The van der Waals surface area contributed by atoms with Gasteiger partial charge in [0.25, 0.3) is 5.91 Å². The van der Waals surface area contributed by atoms with Crippen molar-refractivity contribution in [2.45, 2.75) is 83.4 Å². The molecule has 1 atom stereocenters. The molecule has 3 aromatic rings. The van der Waals surface area contributed by atoms with Crippen molar-refractivity contribution in [1.29, 1.82) is 0 Å². The maximum atomic E-state index is 14.3. The van der Waals surface area contributed by atoms with Crippen molar-refractivity contribution in [2.75, 3.05) is 23.3 Å². The first kappa shape index (κ1) is 34.8. The first-order valence-electron chi connectivity index (χ1n) is 15.3. The van der Waals surface area contributed by atoms with Gasteiger partial charge in [-0.3, -0.25) is 9.36 Å². The summed E-state index contributed by atoms with van der Waals surface area (Å²) in [6.45, 7) is 5.72. The van der Waals surface area contributed by atoms with Crippen molar-refractivity contribution in [3.05, 3.63) is 39.4 Å². The summed E-state index contributed by atoms with van der Waals surface area (Å²) < 4.78 is 60.7. The molecular weight excluding hydrogens is 665 g/mol. The molecule has 0 radical (unpaired) electrons. The number of aryl methyl sites for hydroxylation is 1. The van der Waals surface area contributed by atoms with Crippen molar-refractivity contribution in [3.63, 3.8) is 0 Å². The van der Waals surface area contributed by atoms with E-state index in [0.717, 1.165) is 0 Å². The predicted octanol–water partition coefficient (Wildman–Crippen LogP) is 7.44.